The van der Waals surface area contributed by atoms with Gasteiger partial charge in [-0.3, -0.25) is 4.79 Å². The second-order valence-corrected chi connectivity index (χ2v) is 8.14. The number of hydrogen-bond donors (Lipinski definition) is 2. The number of nitrogens with zero attached hydrogens (tertiary/aromatic N) is 1. The zero-order chi connectivity index (χ0) is 23.1. The number of amides is 1. The summed E-state index contributed by atoms with van der Waals surface area (Å²) in [5, 5.41) is 6.40. The van der Waals surface area contributed by atoms with Gasteiger partial charge in [0.2, 0.25) is 0 Å². The van der Waals surface area contributed by atoms with Crippen LogP contribution < -0.4 is 10.6 Å². The number of nitrogens with one attached hydrogen (secondary N) is 2. The predicted octanol–water partition coefficient (Wildman–Crippen LogP) is 3.88. The molecule has 0 fully saturated rings. The van der Waals surface area contributed by atoms with E-state index >= 15 is 0 Å². The Hall–Kier alpha value is -2.93. The van der Waals surface area contributed by atoms with Crippen molar-refractivity contribution >= 4 is 5.91 Å². The van der Waals surface area contributed by atoms with Crippen LogP contribution in [0, 0.1) is 11.6 Å². The number of carbonyl (C=O) groups excluding carboxylic acids is 1. The maximum absolute atomic E-state index is 13.7. The Kier molecular flexibility index (Phi) is 8.22. The second kappa shape index (κ2) is 11.1. The SMILES string of the molecule is CCc1cccc(CNCCC(Cc2cc(F)cc(F)c2)NC(=O)C2=COC(C)N2C)c1. The minimum absolute atomic E-state index is 0.216. The summed E-state index contributed by atoms with van der Waals surface area (Å²) >= 11 is 0. The van der Waals surface area contributed by atoms with Crippen LogP contribution in [-0.4, -0.2) is 36.7 Å². The number of ether oxygens (including phenoxy) is 1. The second-order valence-electron chi connectivity index (χ2n) is 8.14. The van der Waals surface area contributed by atoms with Gasteiger partial charge in [-0.15, -0.1) is 0 Å². The van der Waals surface area contributed by atoms with Gasteiger partial charge in [0, 0.05) is 25.7 Å². The van der Waals surface area contributed by atoms with Gasteiger partial charge in [-0.1, -0.05) is 31.2 Å². The molecule has 0 radical (unpaired) electrons. The number of benzene rings is 2. The molecule has 172 valence electrons. The summed E-state index contributed by atoms with van der Waals surface area (Å²) in [4.78, 5) is 14.5. The number of hydrogen-bond acceptors (Lipinski definition) is 4. The molecule has 0 aromatic heterocycles. The van der Waals surface area contributed by atoms with Gasteiger partial charge in [0.25, 0.3) is 5.91 Å². The van der Waals surface area contributed by atoms with Crippen LogP contribution >= 0.6 is 0 Å². The first-order chi connectivity index (χ1) is 15.4. The number of likely N-dealkylation sites (N-methyl/N-ethyl adjacent to an activating group) is 1. The summed E-state index contributed by atoms with van der Waals surface area (Å²) in [5.41, 5.74) is 3.41. The first-order valence-electron chi connectivity index (χ1n) is 11.0. The molecule has 1 aliphatic rings. The van der Waals surface area contributed by atoms with Crippen molar-refractivity contribution in [2.45, 2.75) is 51.9 Å². The van der Waals surface area contributed by atoms with Crippen LogP contribution in [0.1, 0.15) is 37.0 Å². The molecule has 0 saturated carbocycles. The van der Waals surface area contributed by atoms with E-state index in [1.54, 1.807) is 11.9 Å². The molecular formula is C25H31F2N3O2. The summed E-state index contributed by atoms with van der Waals surface area (Å²) in [6, 6.07) is 11.5. The van der Waals surface area contributed by atoms with Gasteiger partial charge in [0.1, 0.15) is 23.6 Å². The van der Waals surface area contributed by atoms with Crippen molar-refractivity contribution in [3.05, 3.63) is 82.7 Å². The first-order valence-corrected chi connectivity index (χ1v) is 11.0. The predicted molar refractivity (Wildman–Crippen MR) is 121 cm³/mol. The van der Waals surface area contributed by atoms with E-state index in [-0.39, 0.29) is 18.2 Å². The number of aryl methyl sites for hydroxylation is 1. The van der Waals surface area contributed by atoms with E-state index in [4.69, 9.17) is 4.74 Å². The van der Waals surface area contributed by atoms with Crippen molar-refractivity contribution in [1.29, 1.82) is 0 Å². The van der Waals surface area contributed by atoms with Gasteiger partial charge < -0.3 is 20.3 Å². The highest BCUT2D eigenvalue weighted by atomic mass is 19.1. The van der Waals surface area contributed by atoms with Crippen LogP contribution in [0.2, 0.25) is 0 Å². The van der Waals surface area contributed by atoms with Gasteiger partial charge in [-0.05, 0) is 61.6 Å². The molecule has 3 rings (SSSR count). The molecule has 0 bridgehead atoms. The van der Waals surface area contributed by atoms with E-state index in [1.807, 2.05) is 13.0 Å². The van der Waals surface area contributed by atoms with Crippen molar-refractivity contribution in [2.24, 2.45) is 0 Å². The van der Waals surface area contributed by atoms with Crippen molar-refractivity contribution in [1.82, 2.24) is 15.5 Å². The van der Waals surface area contributed by atoms with Gasteiger partial charge in [0.05, 0.1) is 0 Å². The van der Waals surface area contributed by atoms with Crippen LogP contribution in [0.4, 0.5) is 8.78 Å². The quantitative estimate of drug-likeness (QED) is 0.547. The molecule has 2 unspecified atom stereocenters. The van der Waals surface area contributed by atoms with E-state index in [1.165, 1.54) is 29.5 Å². The third-order valence-corrected chi connectivity index (χ3v) is 5.67. The van der Waals surface area contributed by atoms with E-state index in [2.05, 4.69) is 35.8 Å². The van der Waals surface area contributed by atoms with Crippen LogP contribution in [0.15, 0.2) is 54.4 Å². The minimum atomic E-state index is -0.625. The molecule has 2 aromatic rings. The van der Waals surface area contributed by atoms with Gasteiger partial charge in [-0.2, -0.15) is 0 Å². The molecular weight excluding hydrogens is 412 g/mol. The molecule has 0 spiro atoms. The molecule has 0 aliphatic carbocycles. The van der Waals surface area contributed by atoms with Crippen molar-refractivity contribution in [3.8, 4) is 0 Å². The Morgan fingerprint density at radius 3 is 2.50 bits per heavy atom. The Morgan fingerprint density at radius 2 is 1.84 bits per heavy atom. The molecule has 5 nitrogen and oxygen atoms in total. The molecule has 0 saturated heterocycles. The van der Waals surface area contributed by atoms with Crippen molar-refractivity contribution < 1.29 is 18.3 Å². The van der Waals surface area contributed by atoms with Crippen molar-refractivity contribution in [2.75, 3.05) is 13.6 Å². The highest BCUT2D eigenvalue weighted by Gasteiger charge is 2.27. The molecule has 1 aliphatic heterocycles. The topological polar surface area (TPSA) is 53.6 Å². The lowest BCUT2D eigenvalue weighted by Crippen LogP contribution is -2.42. The van der Waals surface area contributed by atoms with Crippen LogP contribution in [-0.2, 0) is 28.9 Å². The average Bonchev–Trinajstić information content (AvgIpc) is 3.09. The van der Waals surface area contributed by atoms with Gasteiger partial charge in [-0.25, -0.2) is 8.78 Å². The highest BCUT2D eigenvalue weighted by Crippen LogP contribution is 2.18. The molecule has 2 atom stereocenters. The van der Waals surface area contributed by atoms with Crippen molar-refractivity contribution in [3.63, 3.8) is 0 Å². The maximum atomic E-state index is 13.7. The highest BCUT2D eigenvalue weighted by molar-refractivity contribution is 5.93. The summed E-state index contributed by atoms with van der Waals surface area (Å²) in [5.74, 6) is -1.52. The number of carbonyl (C=O) groups is 1. The number of rotatable bonds is 10. The largest absolute Gasteiger partial charge is 0.476 e. The van der Waals surface area contributed by atoms with Gasteiger partial charge in [0.15, 0.2) is 6.23 Å². The first kappa shape index (κ1) is 23.7. The summed E-state index contributed by atoms with van der Waals surface area (Å²) in [7, 11) is 1.78. The Labute approximate surface area is 188 Å². The fourth-order valence-electron chi connectivity index (χ4n) is 3.71. The van der Waals surface area contributed by atoms with Crippen LogP contribution in [0.25, 0.3) is 0 Å². The molecule has 1 amide bonds. The standard InChI is InChI=1S/C25H31F2N3O2/c1-4-18-6-5-7-19(10-18)15-28-9-8-23(13-20-11-21(26)14-22(27)12-20)29-25(31)24-16-32-17(2)30(24)3/h5-7,10-12,14,16-17,23,28H,4,8-9,13,15H2,1-3H3,(H,29,31). The Bertz CT molecular complexity index is 944. The summed E-state index contributed by atoms with van der Waals surface area (Å²) in [6.45, 7) is 5.32. The lowest BCUT2D eigenvalue weighted by Gasteiger charge is -2.23. The zero-order valence-corrected chi connectivity index (χ0v) is 18.8. The molecule has 2 N–H and O–H groups in total. The van der Waals surface area contributed by atoms with Crippen LogP contribution in [0.3, 0.4) is 0 Å². The third-order valence-electron chi connectivity index (χ3n) is 5.67. The third kappa shape index (κ3) is 6.53. The fraction of sp³-hybridized carbons (Fsp3) is 0.400. The van der Waals surface area contributed by atoms with E-state index < -0.39 is 11.6 Å². The molecule has 2 aromatic carbocycles. The average molecular weight is 444 g/mol. The maximum Gasteiger partial charge on any atom is 0.271 e. The summed E-state index contributed by atoms with van der Waals surface area (Å²) < 4.78 is 32.7. The number of halogens is 2. The Balaban J connectivity index is 1.62. The molecule has 7 heteroatoms. The lowest BCUT2D eigenvalue weighted by atomic mass is 10.0. The van der Waals surface area contributed by atoms with E-state index in [9.17, 15) is 13.6 Å². The van der Waals surface area contributed by atoms with Gasteiger partial charge >= 0.3 is 0 Å². The van der Waals surface area contributed by atoms with E-state index in [0.29, 0.717) is 37.2 Å². The zero-order valence-electron chi connectivity index (χ0n) is 18.8. The molecule has 32 heavy (non-hydrogen) atoms. The normalized spacial score (nSPS) is 16.5. The monoisotopic (exact) mass is 443 g/mol. The fourth-order valence-corrected chi connectivity index (χ4v) is 3.71. The van der Waals surface area contributed by atoms with E-state index in [0.717, 1.165) is 12.5 Å². The minimum Gasteiger partial charge on any atom is -0.476 e. The smallest absolute Gasteiger partial charge is 0.271 e. The molecule has 1 heterocycles. The van der Waals surface area contributed by atoms with Crippen LogP contribution in [0.5, 0.6) is 0 Å². The summed E-state index contributed by atoms with van der Waals surface area (Å²) in [6.07, 6.45) is 3.13. The Morgan fingerprint density at radius 1 is 1.12 bits per heavy atom. The lowest BCUT2D eigenvalue weighted by molar-refractivity contribution is -0.119.